The van der Waals surface area contributed by atoms with Crippen LogP contribution in [0.2, 0.25) is 0 Å². The van der Waals surface area contributed by atoms with Crippen LogP contribution in [0.25, 0.3) is 0 Å². The molecule has 2 aromatic rings. The highest BCUT2D eigenvalue weighted by Gasteiger charge is 2.17. The number of pyridine rings is 1. The van der Waals surface area contributed by atoms with Gasteiger partial charge in [-0.25, -0.2) is 18.1 Å². The van der Waals surface area contributed by atoms with E-state index in [4.69, 9.17) is 4.74 Å². The minimum absolute atomic E-state index is 0.0985. The molecule has 0 bridgehead atoms. The first-order valence-electron chi connectivity index (χ1n) is 6.45. The lowest BCUT2D eigenvalue weighted by molar-refractivity contribution is 0.340. The van der Waals surface area contributed by atoms with Crippen molar-refractivity contribution in [2.24, 2.45) is 0 Å². The van der Waals surface area contributed by atoms with Gasteiger partial charge in [-0.15, -0.1) is 0 Å². The van der Waals surface area contributed by atoms with Crippen LogP contribution < -0.4 is 14.8 Å². The maximum atomic E-state index is 11.9. The number of nitrogens with one attached hydrogen (secondary N) is 2. The molecule has 0 atom stereocenters. The second-order valence-electron chi connectivity index (χ2n) is 4.14. The monoisotopic (exact) mass is 307 g/mol. The Labute approximate surface area is 124 Å². The molecule has 7 heteroatoms. The summed E-state index contributed by atoms with van der Waals surface area (Å²) in [6.45, 7) is 2.51. The zero-order valence-corrected chi connectivity index (χ0v) is 12.6. The second-order valence-corrected chi connectivity index (χ2v) is 6.00. The number of rotatable bonds is 6. The fourth-order valence-corrected chi connectivity index (χ4v) is 2.59. The predicted molar refractivity (Wildman–Crippen MR) is 81.4 cm³/mol. The van der Waals surface area contributed by atoms with Crippen LogP contribution >= 0.6 is 0 Å². The molecule has 2 rings (SSSR count). The highest BCUT2D eigenvalue weighted by Crippen LogP contribution is 2.23. The Morgan fingerprint density at radius 3 is 2.52 bits per heavy atom. The molecule has 0 aliphatic rings. The van der Waals surface area contributed by atoms with E-state index in [1.165, 1.54) is 19.3 Å². The van der Waals surface area contributed by atoms with Crippen molar-refractivity contribution in [2.45, 2.75) is 11.8 Å². The predicted octanol–water partition coefficient (Wildman–Crippen LogP) is 2.13. The van der Waals surface area contributed by atoms with Crippen molar-refractivity contribution in [3.63, 3.8) is 0 Å². The highest BCUT2D eigenvalue weighted by molar-refractivity contribution is 7.89. The Balaban J connectivity index is 2.28. The van der Waals surface area contributed by atoms with Crippen molar-refractivity contribution in [3.8, 4) is 5.75 Å². The average molecular weight is 307 g/mol. The summed E-state index contributed by atoms with van der Waals surface area (Å²) in [5.41, 5.74) is 0.727. The molecular formula is C14H17N3O3S. The van der Waals surface area contributed by atoms with Crippen molar-refractivity contribution in [3.05, 3.63) is 42.6 Å². The SMILES string of the molecule is CCOc1ccc(Nc2ncccc2S(=O)(=O)NC)cc1. The largest absolute Gasteiger partial charge is 0.494 e. The summed E-state index contributed by atoms with van der Waals surface area (Å²) < 4.78 is 31.5. The number of hydrogen-bond acceptors (Lipinski definition) is 5. The summed E-state index contributed by atoms with van der Waals surface area (Å²) in [6, 6.07) is 10.3. The first kappa shape index (κ1) is 15.3. The third-order valence-corrected chi connectivity index (χ3v) is 4.20. The fraction of sp³-hybridized carbons (Fsp3) is 0.214. The van der Waals surface area contributed by atoms with E-state index in [1.807, 2.05) is 6.92 Å². The lowest BCUT2D eigenvalue weighted by atomic mass is 10.3. The number of sulfonamides is 1. The number of hydrogen-bond donors (Lipinski definition) is 2. The zero-order valence-electron chi connectivity index (χ0n) is 11.8. The van der Waals surface area contributed by atoms with Gasteiger partial charge in [0.05, 0.1) is 6.61 Å². The van der Waals surface area contributed by atoms with Gasteiger partial charge < -0.3 is 10.1 Å². The molecular weight excluding hydrogens is 290 g/mol. The fourth-order valence-electron chi connectivity index (χ4n) is 1.75. The molecule has 0 unspecified atom stereocenters. The van der Waals surface area contributed by atoms with Crippen molar-refractivity contribution >= 4 is 21.5 Å². The first-order valence-corrected chi connectivity index (χ1v) is 7.93. The number of aromatic nitrogens is 1. The van der Waals surface area contributed by atoms with Crippen LogP contribution in [0.1, 0.15) is 6.92 Å². The second kappa shape index (κ2) is 6.55. The van der Waals surface area contributed by atoms with Crippen molar-refractivity contribution in [1.82, 2.24) is 9.71 Å². The summed E-state index contributed by atoms with van der Waals surface area (Å²) in [7, 11) is -2.20. The number of anilines is 2. The normalized spacial score (nSPS) is 11.1. The average Bonchev–Trinajstić information content (AvgIpc) is 2.50. The molecule has 0 saturated heterocycles. The molecule has 0 amide bonds. The zero-order chi connectivity index (χ0) is 15.3. The summed E-state index contributed by atoms with van der Waals surface area (Å²) in [5, 5.41) is 3.00. The topological polar surface area (TPSA) is 80.3 Å². The Hall–Kier alpha value is -2.12. The van der Waals surface area contributed by atoms with Gasteiger partial charge in [-0.3, -0.25) is 0 Å². The van der Waals surface area contributed by atoms with Crippen LogP contribution in [0.4, 0.5) is 11.5 Å². The number of nitrogens with zero attached hydrogens (tertiary/aromatic N) is 1. The molecule has 112 valence electrons. The van der Waals surface area contributed by atoms with Gasteiger partial charge in [-0.05, 0) is 50.4 Å². The van der Waals surface area contributed by atoms with E-state index < -0.39 is 10.0 Å². The van der Waals surface area contributed by atoms with E-state index in [2.05, 4.69) is 15.0 Å². The smallest absolute Gasteiger partial charge is 0.243 e. The van der Waals surface area contributed by atoms with Crippen LogP contribution in [-0.2, 0) is 10.0 Å². The maximum absolute atomic E-state index is 11.9. The van der Waals surface area contributed by atoms with Gasteiger partial charge >= 0.3 is 0 Å². The molecule has 0 saturated carbocycles. The standard InChI is InChI=1S/C14H17N3O3S/c1-3-20-12-8-6-11(7-9-12)17-14-13(5-4-10-16-14)21(18,19)15-2/h4-10,15H,3H2,1-2H3,(H,16,17). The molecule has 1 aromatic carbocycles. The highest BCUT2D eigenvalue weighted by atomic mass is 32.2. The minimum atomic E-state index is -3.57. The molecule has 1 heterocycles. The molecule has 6 nitrogen and oxygen atoms in total. The third kappa shape index (κ3) is 3.71. The molecule has 0 aliphatic carbocycles. The first-order chi connectivity index (χ1) is 10.1. The van der Waals surface area contributed by atoms with Gasteiger partial charge in [0.15, 0.2) is 5.82 Å². The van der Waals surface area contributed by atoms with E-state index in [0.29, 0.717) is 6.61 Å². The third-order valence-electron chi connectivity index (χ3n) is 2.76. The molecule has 21 heavy (non-hydrogen) atoms. The van der Waals surface area contributed by atoms with Crippen LogP contribution in [0, 0.1) is 0 Å². The van der Waals surface area contributed by atoms with Crippen molar-refractivity contribution in [2.75, 3.05) is 19.0 Å². The van der Waals surface area contributed by atoms with Gasteiger partial charge in [0.1, 0.15) is 10.6 Å². The van der Waals surface area contributed by atoms with E-state index in [0.717, 1.165) is 11.4 Å². The molecule has 0 aliphatic heterocycles. The van der Waals surface area contributed by atoms with Gasteiger partial charge in [-0.1, -0.05) is 0 Å². The Bertz CT molecular complexity index is 700. The van der Waals surface area contributed by atoms with Gasteiger partial charge in [0, 0.05) is 11.9 Å². The Morgan fingerprint density at radius 1 is 1.19 bits per heavy atom. The molecule has 0 radical (unpaired) electrons. The van der Waals surface area contributed by atoms with E-state index in [-0.39, 0.29) is 10.7 Å². The number of benzene rings is 1. The summed E-state index contributed by atoms with van der Waals surface area (Å²) >= 11 is 0. The lowest BCUT2D eigenvalue weighted by Crippen LogP contribution is -2.20. The summed E-state index contributed by atoms with van der Waals surface area (Å²) in [5.74, 6) is 1.03. The van der Waals surface area contributed by atoms with E-state index in [1.54, 1.807) is 30.3 Å². The quantitative estimate of drug-likeness (QED) is 0.854. The minimum Gasteiger partial charge on any atom is -0.494 e. The lowest BCUT2D eigenvalue weighted by Gasteiger charge is -2.11. The van der Waals surface area contributed by atoms with Crippen LogP contribution in [0.3, 0.4) is 0 Å². The van der Waals surface area contributed by atoms with E-state index in [9.17, 15) is 8.42 Å². The van der Waals surface area contributed by atoms with Crippen LogP contribution in [0.5, 0.6) is 5.75 Å². The maximum Gasteiger partial charge on any atom is 0.243 e. The molecule has 0 fully saturated rings. The Kier molecular flexibility index (Phi) is 4.77. The van der Waals surface area contributed by atoms with Crippen molar-refractivity contribution < 1.29 is 13.2 Å². The molecule has 0 spiro atoms. The molecule has 1 aromatic heterocycles. The summed E-state index contributed by atoms with van der Waals surface area (Å²) in [6.07, 6.45) is 1.53. The van der Waals surface area contributed by atoms with E-state index >= 15 is 0 Å². The van der Waals surface area contributed by atoms with Crippen LogP contribution in [-0.4, -0.2) is 27.1 Å². The van der Waals surface area contributed by atoms with Crippen LogP contribution in [0.15, 0.2) is 47.5 Å². The number of ether oxygens (including phenoxy) is 1. The van der Waals surface area contributed by atoms with Gasteiger partial charge in [-0.2, -0.15) is 0 Å². The Morgan fingerprint density at radius 2 is 1.90 bits per heavy atom. The van der Waals surface area contributed by atoms with Gasteiger partial charge in [0.25, 0.3) is 0 Å². The van der Waals surface area contributed by atoms with Gasteiger partial charge in [0.2, 0.25) is 10.0 Å². The summed E-state index contributed by atoms with van der Waals surface area (Å²) in [4.78, 5) is 4.18. The van der Waals surface area contributed by atoms with Crippen molar-refractivity contribution in [1.29, 1.82) is 0 Å². The molecule has 2 N–H and O–H groups in total.